The van der Waals surface area contributed by atoms with E-state index in [2.05, 4.69) is 15.7 Å². The Hall–Kier alpha value is -3.48. The van der Waals surface area contributed by atoms with Gasteiger partial charge in [-0.15, -0.1) is 0 Å². The fraction of sp³-hybridized carbons (Fsp3) is 0.190. The molecular formula is C21H19FN4O2. The van der Waals surface area contributed by atoms with Gasteiger partial charge in [-0.2, -0.15) is 5.10 Å². The Morgan fingerprint density at radius 2 is 1.93 bits per heavy atom. The highest BCUT2D eigenvalue weighted by atomic mass is 19.1. The first-order valence-electron chi connectivity index (χ1n) is 8.91. The summed E-state index contributed by atoms with van der Waals surface area (Å²) >= 11 is 0. The van der Waals surface area contributed by atoms with Crippen molar-refractivity contribution in [1.29, 1.82) is 0 Å². The van der Waals surface area contributed by atoms with Crippen molar-refractivity contribution in [3.63, 3.8) is 0 Å². The van der Waals surface area contributed by atoms with Gasteiger partial charge in [0.25, 0.3) is 5.91 Å². The summed E-state index contributed by atoms with van der Waals surface area (Å²) in [4.78, 5) is 25.6. The molecule has 0 unspecified atom stereocenters. The minimum absolute atomic E-state index is 0.367. The van der Waals surface area contributed by atoms with Crippen LogP contribution < -0.4 is 10.6 Å². The fourth-order valence-corrected chi connectivity index (χ4v) is 3.73. The Morgan fingerprint density at radius 1 is 1.18 bits per heavy atom. The molecule has 0 spiro atoms. The van der Waals surface area contributed by atoms with Crippen molar-refractivity contribution in [2.45, 2.75) is 18.9 Å². The average Bonchev–Trinajstić information content (AvgIpc) is 2.96. The molecule has 0 saturated carbocycles. The van der Waals surface area contributed by atoms with E-state index in [1.54, 1.807) is 48.1 Å². The zero-order chi connectivity index (χ0) is 19.8. The van der Waals surface area contributed by atoms with Crippen LogP contribution in [-0.4, -0.2) is 27.6 Å². The SMILES string of the molecule is Cc1nn(C)c2c1[C@@H](c1cccc(F)c1)[C@H](NC(=O)c1ccccc1)C(=O)N2. The van der Waals surface area contributed by atoms with Gasteiger partial charge >= 0.3 is 0 Å². The number of anilines is 1. The molecule has 28 heavy (non-hydrogen) atoms. The van der Waals surface area contributed by atoms with Crippen molar-refractivity contribution in [3.05, 3.63) is 82.8 Å². The van der Waals surface area contributed by atoms with E-state index >= 15 is 0 Å². The Balaban J connectivity index is 1.80. The summed E-state index contributed by atoms with van der Waals surface area (Å²) in [6.07, 6.45) is 0. The predicted molar refractivity (Wildman–Crippen MR) is 103 cm³/mol. The van der Waals surface area contributed by atoms with E-state index in [-0.39, 0.29) is 11.8 Å². The Kier molecular flexibility index (Phi) is 4.43. The monoisotopic (exact) mass is 378 g/mol. The second-order valence-corrected chi connectivity index (χ2v) is 6.81. The maximum atomic E-state index is 13.9. The van der Waals surface area contributed by atoms with Crippen LogP contribution in [0.15, 0.2) is 54.6 Å². The van der Waals surface area contributed by atoms with E-state index in [0.717, 1.165) is 5.56 Å². The number of rotatable bonds is 3. The van der Waals surface area contributed by atoms with Crippen LogP contribution >= 0.6 is 0 Å². The molecule has 6 nitrogen and oxygen atoms in total. The molecule has 2 N–H and O–H groups in total. The number of carbonyl (C=O) groups excluding carboxylic acids is 2. The lowest BCUT2D eigenvalue weighted by atomic mass is 9.82. The van der Waals surface area contributed by atoms with Gasteiger partial charge in [-0.05, 0) is 36.8 Å². The molecule has 4 rings (SSSR count). The molecule has 2 aromatic carbocycles. The molecule has 2 amide bonds. The highest BCUT2D eigenvalue weighted by molar-refractivity contribution is 6.03. The molecule has 1 aliphatic rings. The number of carbonyl (C=O) groups is 2. The lowest BCUT2D eigenvalue weighted by Crippen LogP contribution is -2.50. The van der Waals surface area contributed by atoms with Crippen molar-refractivity contribution in [1.82, 2.24) is 15.1 Å². The number of hydrogen-bond acceptors (Lipinski definition) is 3. The van der Waals surface area contributed by atoms with Gasteiger partial charge in [0.15, 0.2) is 0 Å². The quantitative estimate of drug-likeness (QED) is 0.736. The highest BCUT2D eigenvalue weighted by Gasteiger charge is 2.41. The summed E-state index contributed by atoms with van der Waals surface area (Å²) in [5, 5.41) is 10.0. The summed E-state index contributed by atoms with van der Waals surface area (Å²) in [6.45, 7) is 1.83. The summed E-state index contributed by atoms with van der Waals surface area (Å²) in [6, 6.07) is 13.9. The summed E-state index contributed by atoms with van der Waals surface area (Å²) < 4.78 is 15.5. The molecule has 2 atom stereocenters. The lowest BCUT2D eigenvalue weighted by molar-refractivity contribution is -0.118. The number of benzene rings is 2. The van der Waals surface area contributed by atoms with Gasteiger partial charge in [0.05, 0.1) is 5.69 Å². The van der Waals surface area contributed by atoms with Crippen LogP contribution in [0.2, 0.25) is 0 Å². The molecule has 0 saturated heterocycles. The minimum Gasteiger partial charge on any atom is -0.339 e. The van der Waals surface area contributed by atoms with Crippen molar-refractivity contribution >= 4 is 17.6 Å². The molecular weight excluding hydrogens is 359 g/mol. The number of fused-ring (bicyclic) bond motifs is 1. The largest absolute Gasteiger partial charge is 0.339 e. The number of amides is 2. The van der Waals surface area contributed by atoms with Crippen LogP contribution in [0, 0.1) is 12.7 Å². The topological polar surface area (TPSA) is 76.0 Å². The van der Waals surface area contributed by atoms with Gasteiger partial charge in [0.2, 0.25) is 5.91 Å². The van der Waals surface area contributed by atoms with Crippen LogP contribution in [0.5, 0.6) is 0 Å². The second-order valence-electron chi connectivity index (χ2n) is 6.81. The van der Waals surface area contributed by atoms with E-state index < -0.39 is 17.8 Å². The first kappa shape index (κ1) is 17.9. The van der Waals surface area contributed by atoms with E-state index in [1.807, 2.05) is 13.0 Å². The van der Waals surface area contributed by atoms with Gasteiger partial charge in [-0.3, -0.25) is 14.3 Å². The number of aromatic nitrogens is 2. The third-order valence-corrected chi connectivity index (χ3v) is 4.97. The summed E-state index contributed by atoms with van der Waals surface area (Å²) in [5.41, 5.74) is 2.53. The van der Waals surface area contributed by atoms with Crippen LogP contribution in [0.3, 0.4) is 0 Å². The fourth-order valence-electron chi connectivity index (χ4n) is 3.73. The van der Waals surface area contributed by atoms with E-state index in [9.17, 15) is 14.0 Å². The lowest BCUT2D eigenvalue weighted by Gasteiger charge is -2.32. The maximum absolute atomic E-state index is 13.9. The van der Waals surface area contributed by atoms with E-state index in [0.29, 0.717) is 22.6 Å². The zero-order valence-electron chi connectivity index (χ0n) is 15.4. The van der Waals surface area contributed by atoms with E-state index in [1.165, 1.54) is 12.1 Å². The standard InChI is InChI=1S/C21H19FN4O2/c1-12-16-17(14-9-6-10-15(22)11-14)18(21(28)24-19(16)26(2)25-12)23-20(27)13-7-4-3-5-8-13/h3-11,17-18H,1-2H3,(H,23,27)(H,24,28)/t17-,18+/m1/s1. The molecule has 0 radical (unpaired) electrons. The molecule has 2 heterocycles. The highest BCUT2D eigenvalue weighted by Crippen LogP contribution is 2.39. The number of nitrogens with zero attached hydrogens (tertiary/aromatic N) is 2. The van der Waals surface area contributed by atoms with E-state index in [4.69, 9.17) is 0 Å². The van der Waals surface area contributed by atoms with Crippen molar-refractivity contribution in [2.24, 2.45) is 7.05 Å². The Morgan fingerprint density at radius 3 is 2.64 bits per heavy atom. The third kappa shape index (κ3) is 3.05. The van der Waals surface area contributed by atoms with Gasteiger partial charge < -0.3 is 10.6 Å². The number of halogens is 1. The number of aryl methyl sites for hydroxylation is 2. The third-order valence-electron chi connectivity index (χ3n) is 4.97. The Labute approximate surface area is 161 Å². The van der Waals surface area contributed by atoms with Crippen LogP contribution in [0.25, 0.3) is 0 Å². The van der Waals surface area contributed by atoms with Crippen molar-refractivity contribution in [3.8, 4) is 0 Å². The molecule has 1 aromatic heterocycles. The van der Waals surface area contributed by atoms with Gasteiger partial charge in [-0.1, -0.05) is 30.3 Å². The predicted octanol–water partition coefficient (Wildman–Crippen LogP) is 2.75. The molecule has 7 heteroatoms. The molecule has 142 valence electrons. The number of hydrogen-bond donors (Lipinski definition) is 2. The Bertz CT molecular complexity index is 1060. The molecule has 1 aliphatic heterocycles. The van der Waals surface area contributed by atoms with Crippen LogP contribution in [-0.2, 0) is 11.8 Å². The normalized spacial score (nSPS) is 18.3. The summed E-state index contributed by atoms with van der Waals surface area (Å²) in [7, 11) is 1.73. The molecule has 3 aromatic rings. The van der Waals surface area contributed by atoms with Gasteiger partial charge in [0, 0.05) is 24.1 Å². The molecule has 0 bridgehead atoms. The van der Waals surface area contributed by atoms with Crippen molar-refractivity contribution in [2.75, 3.05) is 5.32 Å². The minimum atomic E-state index is -0.898. The zero-order valence-corrected chi connectivity index (χ0v) is 15.4. The smallest absolute Gasteiger partial charge is 0.251 e. The first-order valence-corrected chi connectivity index (χ1v) is 8.91. The summed E-state index contributed by atoms with van der Waals surface area (Å²) in [5.74, 6) is -1.14. The van der Waals surface area contributed by atoms with Crippen LogP contribution in [0.4, 0.5) is 10.2 Å². The number of nitrogens with one attached hydrogen (secondary N) is 2. The van der Waals surface area contributed by atoms with Crippen LogP contribution in [0.1, 0.15) is 33.1 Å². The second kappa shape index (κ2) is 6.92. The van der Waals surface area contributed by atoms with Gasteiger partial charge in [-0.25, -0.2) is 4.39 Å². The molecule has 0 fully saturated rings. The molecule has 0 aliphatic carbocycles. The van der Waals surface area contributed by atoms with Crippen molar-refractivity contribution < 1.29 is 14.0 Å². The maximum Gasteiger partial charge on any atom is 0.251 e. The average molecular weight is 378 g/mol. The first-order chi connectivity index (χ1) is 13.5. The van der Waals surface area contributed by atoms with Gasteiger partial charge in [0.1, 0.15) is 17.7 Å².